The molecule has 0 saturated carbocycles. The van der Waals surface area contributed by atoms with E-state index in [0.717, 1.165) is 18.5 Å². The van der Waals surface area contributed by atoms with Crippen LogP contribution in [-0.4, -0.2) is 41.6 Å². The van der Waals surface area contributed by atoms with Crippen molar-refractivity contribution in [1.82, 2.24) is 15.0 Å². The van der Waals surface area contributed by atoms with Crippen LogP contribution in [0, 0.1) is 5.82 Å². The van der Waals surface area contributed by atoms with Crippen LogP contribution in [0.15, 0.2) is 53.1 Å². The molecule has 1 unspecified atom stereocenters. The van der Waals surface area contributed by atoms with Gasteiger partial charge in [-0.05, 0) is 61.4 Å². The lowest BCUT2D eigenvalue weighted by atomic mass is 10.1. The zero-order valence-corrected chi connectivity index (χ0v) is 15.8. The van der Waals surface area contributed by atoms with E-state index in [1.165, 1.54) is 12.1 Å². The van der Waals surface area contributed by atoms with Crippen molar-refractivity contribution in [2.45, 2.75) is 18.9 Å². The molecule has 1 aliphatic rings. The fourth-order valence-electron chi connectivity index (χ4n) is 3.42. The van der Waals surface area contributed by atoms with Crippen LogP contribution in [0.25, 0.3) is 11.4 Å². The maximum absolute atomic E-state index is 13.1. The van der Waals surface area contributed by atoms with Crippen molar-refractivity contribution in [2.24, 2.45) is 0 Å². The van der Waals surface area contributed by atoms with E-state index in [1.54, 1.807) is 17.0 Å². The number of likely N-dealkylation sites (tertiary alicyclic amines) is 1. The quantitative estimate of drug-likeness (QED) is 0.687. The summed E-state index contributed by atoms with van der Waals surface area (Å²) in [6.45, 7) is 0.646. The summed E-state index contributed by atoms with van der Waals surface area (Å²) in [5, 5.41) is 4.01. The highest BCUT2D eigenvalue weighted by atomic mass is 19.1. The van der Waals surface area contributed by atoms with E-state index in [2.05, 4.69) is 10.1 Å². The minimum Gasteiger partial charge on any atom is -0.378 e. The molecule has 3 aromatic rings. The van der Waals surface area contributed by atoms with Gasteiger partial charge in [-0.15, -0.1) is 0 Å². The summed E-state index contributed by atoms with van der Waals surface area (Å²) in [6.07, 6.45) is 1.65. The Balaban J connectivity index is 1.55. The van der Waals surface area contributed by atoms with Crippen LogP contribution in [0.3, 0.4) is 0 Å². The van der Waals surface area contributed by atoms with E-state index in [-0.39, 0.29) is 17.8 Å². The van der Waals surface area contributed by atoms with Crippen LogP contribution in [0.1, 0.15) is 35.1 Å². The molecular weight excluding hydrogens is 359 g/mol. The molecule has 6 nitrogen and oxygen atoms in total. The summed E-state index contributed by atoms with van der Waals surface area (Å²) in [7, 11) is 3.92. The average Bonchev–Trinajstić information content (AvgIpc) is 3.37. The number of hydrogen-bond acceptors (Lipinski definition) is 5. The number of rotatable bonds is 4. The van der Waals surface area contributed by atoms with Gasteiger partial charge in [0.05, 0.1) is 0 Å². The highest BCUT2D eigenvalue weighted by Crippen LogP contribution is 2.33. The lowest BCUT2D eigenvalue weighted by Crippen LogP contribution is -2.30. The first-order chi connectivity index (χ1) is 13.5. The monoisotopic (exact) mass is 380 g/mol. The molecule has 1 aliphatic heterocycles. The van der Waals surface area contributed by atoms with Gasteiger partial charge >= 0.3 is 0 Å². The summed E-state index contributed by atoms with van der Waals surface area (Å²) in [5.74, 6) is 0.439. The molecule has 2 aromatic carbocycles. The molecule has 2 heterocycles. The first-order valence-corrected chi connectivity index (χ1v) is 9.21. The zero-order valence-electron chi connectivity index (χ0n) is 15.8. The second-order valence-electron chi connectivity index (χ2n) is 7.06. The molecule has 28 heavy (non-hydrogen) atoms. The summed E-state index contributed by atoms with van der Waals surface area (Å²) in [6, 6.07) is 13.2. The standard InChI is InChI=1S/C21H21FN4O2/c1-25(2)17-11-7-15(8-12-17)21(27)26-13-3-4-18(26)20-23-19(24-28-20)14-5-9-16(22)10-6-14/h5-12,18H,3-4,13H2,1-2H3. The highest BCUT2D eigenvalue weighted by Gasteiger charge is 2.34. The molecule has 0 radical (unpaired) electrons. The van der Waals surface area contributed by atoms with Crippen LogP contribution in [-0.2, 0) is 0 Å². The molecule has 4 rings (SSSR count). The van der Waals surface area contributed by atoms with E-state index in [4.69, 9.17) is 4.52 Å². The van der Waals surface area contributed by atoms with Crippen molar-refractivity contribution in [3.8, 4) is 11.4 Å². The lowest BCUT2D eigenvalue weighted by molar-refractivity contribution is 0.0710. The van der Waals surface area contributed by atoms with E-state index in [9.17, 15) is 9.18 Å². The molecule has 0 N–H and O–H groups in total. The van der Waals surface area contributed by atoms with Gasteiger partial charge in [-0.25, -0.2) is 4.39 Å². The van der Waals surface area contributed by atoms with Crippen LogP contribution in [0.2, 0.25) is 0 Å². The van der Waals surface area contributed by atoms with Crippen molar-refractivity contribution in [3.05, 3.63) is 65.8 Å². The van der Waals surface area contributed by atoms with Crippen LogP contribution < -0.4 is 4.90 Å². The Bertz CT molecular complexity index is 967. The first-order valence-electron chi connectivity index (χ1n) is 9.21. The van der Waals surface area contributed by atoms with E-state index in [1.807, 2.05) is 43.3 Å². The molecule has 144 valence electrons. The van der Waals surface area contributed by atoms with Crippen molar-refractivity contribution in [3.63, 3.8) is 0 Å². The van der Waals surface area contributed by atoms with E-state index >= 15 is 0 Å². The van der Waals surface area contributed by atoms with Gasteiger partial charge in [-0.1, -0.05) is 5.16 Å². The predicted octanol–water partition coefficient (Wildman–Crippen LogP) is 3.92. The van der Waals surface area contributed by atoms with E-state index in [0.29, 0.717) is 29.4 Å². The average molecular weight is 380 g/mol. The van der Waals surface area contributed by atoms with Gasteiger partial charge in [0.1, 0.15) is 11.9 Å². The molecule has 0 spiro atoms. The largest absolute Gasteiger partial charge is 0.378 e. The third kappa shape index (κ3) is 3.47. The zero-order chi connectivity index (χ0) is 19.7. The Hall–Kier alpha value is -3.22. The maximum Gasteiger partial charge on any atom is 0.254 e. The number of carbonyl (C=O) groups is 1. The van der Waals surface area contributed by atoms with Gasteiger partial charge in [0.2, 0.25) is 11.7 Å². The number of benzene rings is 2. The fraction of sp³-hybridized carbons (Fsp3) is 0.286. The Kier molecular flexibility index (Phi) is 4.81. The van der Waals surface area contributed by atoms with Crippen molar-refractivity contribution in [2.75, 3.05) is 25.5 Å². The Morgan fingerprint density at radius 2 is 1.86 bits per heavy atom. The Morgan fingerprint density at radius 1 is 1.14 bits per heavy atom. The van der Waals surface area contributed by atoms with Gasteiger partial charge in [0.25, 0.3) is 5.91 Å². The minimum absolute atomic E-state index is 0.0469. The normalized spacial score (nSPS) is 16.4. The summed E-state index contributed by atoms with van der Waals surface area (Å²) in [4.78, 5) is 21.2. The van der Waals surface area contributed by atoms with Gasteiger partial charge in [0, 0.05) is 37.5 Å². The number of carbonyl (C=O) groups excluding carboxylic acids is 1. The van der Waals surface area contributed by atoms with Crippen molar-refractivity contribution in [1.29, 1.82) is 0 Å². The molecule has 1 amide bonds. The second kappa shape index (κ2) is 7.42. The molecule has 7 heteroatoms. The third-order valence-corrected chi connectivity index (χ3v) is 4.97. The molecule has 1 fully saturated rings. The van der Waals surface area contributed by atoms with Gasteiger partial charge in [0.15, 0.2) is 0 Å². The first kappa shape index (κ1) is 18.2. The van der Waals surface area contributed by atoms with E-state index < -0.39 is 0 Å². The number of nitrogens with zero attached hydrogens (tertiary/aromatic N) is 4. The third-order valence-electron chi connectivity index (χ3n) is 4.97. The molecule has 1 saturated heterocycles. The second-order valence-corrected chi connectivity index (χ2v) is 7.06. The SMILES string of the molecule is CN(C)c1ccc(C(=O)N2CCCC2c2nc(-c3ccc(F)cc3)no2)cc1. The van der Waals surface area contributed by atoms with Crippen molar-refractivity contribution >= 4 is 11.6 Å². The predicted molar refractivity (Wildman–Crippen MR) is 103 cm³/mol. The summed E-state index contributed by atoms with van der Waals surface area (Å²) in [5.41, 5.74) is 2.35. The summed E-state index contributed by atoms with van der Waals surface area (Å²) >= 11 is 0. The van der Waals surface area contributed by atoms with Gasteiger partial charge in [-0.3, -0.25) is 4.79 Å². The highest BCUT2D eigenvalue weighted by molar-refractivity contribution is 5.95. The molecule has 0 bridgehead atoms. The number of aromatic nitrogens is 2. The molecule has 1 aromatic heterocycles. The van der Waals surface area contributed by atoms with Crippen LogP contribution in [0.5, 0.6) is 0 Å². The fourth-order valence-corrected chi connectivity index (χ4v) is 3.42. The van der Waals surface area contributed by atoms with Gasteiger partial charge in [-0.2, -0.15) is 4.98 Å². The summed E-state index contributed by atoms with van der Waals surface area (Å²) < 4.78 is 18.6. The van der Waals surface area contributed by atoms with Gasteiger partial charge < -0.3 is 14.3 Å². The topological polar surface area (TPSA) is 62.5 Å². The Labute approximate surface area is 162 Å². The smallest absolute Gasteiger partial charge is 0.254 e. The van der Waals surface area contributed by atoms with Crippen molar-refractivity contribution < 1.29 is 13.7 Å². The number of amides is 1. The molecule has 1 atom stereocenters. The molecular formula is C21H21FN4O2. The molecule has 0 aliphatic carbocycles. The number of halogens is 1. The lowest BCUT2D eigenvalue weighted by Gasteiger charge is -2.22. The van der Waals surface area contributed by atoms with Crippen LogP contribution >= 0.6 is 0 Å². The maximum atomic E-state index is 13.1. The number of hydrogen-bond donors (Lipinski definition) is 0. The Morgan fingerprint density at radius 3 is 2.54 bits per heavy atom. The van der Waals surface area contributed by atoms with Crippen LogP contribution in [0.4, 0.5) is 10.1 Å². The number of anilines is 1. The minimum atomic E-state index is -0.319.